The Balaban J connectivity index is 1.31. The molecule has 0 aromatic heterocycles. The van der Waals surface area contributed by atoms with Crippen LogP contribution in [0.4, 0.5) is 5.69 Å². The Hall–Kier alpha value is -7.87. The third kappa shape index (κ3) is 6.38. The van der Waals surface area contributed by atoms with Gasteiger partial charge in [-0.1, -0.05) is 206 Å². The molecule has 1 nitrogen and oxygen atoms in total. The third-order valence-electron chi connectivity index (χ3n) is 12.6. The van der Waals surface area contributed by atoms with E-state index in [1.807, 2.05) is 0 Å². The molecule has 0 atom stereocenters. The molecule has 0 unspecified atom stereocenters. The number of para-hydroxylation sites is 1. The van der Waals surface area contributed by atoms with E-state index in [9.17, 15) is 0 Å². The molecule has 0 aliphatic carbocycles. The summed E-state index contributed by atoms with van der Waals surface area (Å²) in [6.45, 7) is 4.32. The summed E-state index contributed by atoms with van der Waals surface area (Å²) in [7, 11) is 0. The van der Waals surface area contributed by atoms with Crippen molar-refractivity contribution in [2.45, 2.75) is 13.8 Å². The van der Waals surface area contributed by atoms with Crippen LogP contribution in [0.3, 0.4) is 0 Å². The Morgan fingerprint density at radius 2 is 0.645 bits per heavy atom. The van der Waals surface area contributed by atoms with E-state index >= 15 is 0 Å². The first-order valence-corrected chi connectivity index (χ1v) is 21.5. The van der Waals surface area contributed by atoms with Gasteiger partial charge in [0.1, 0.15) is 0 Å². The molecule has 292 valence electrons. The van der Waals surface area contributed by atoms with E-state index in [1.165, 1.54) is 99.1 Å². The van der Waals surface area contributed by atoms with Gasteiger partial charge in [0, 0.05) is 11.3 Å². The van der Waals surface area contributed by atoms with Crippen molar-refractivity contribution in [3.05, 3.63) is 236 Å². The first kappa shape index (κ1) is 37.2. The van der Waals surface area contributed by atoms with Crippen LogP contribution in [0.2, 0.25) is 0 Å². The molecule has 0 aliphatic heterocycles. The molecule has 11 aromatic carbocycles. The Morgan fingerprint density at radius 1 is 0.306 bits per heavy atom. The average molecular weight is 790 g/mol. The van der Waals surface area contributed by atoms with Crippen LogP contribution >= 0.6 is 0 Å². The van der Waals surface area contributed by atoms with Crippen LogP contribution in [0.25, 0.3) is 99.1 Å². The maximum absolute atomic E-state index is 5.36. The average Bonchev–Trinajstić information content (AvgIpc) is 3.34. The van der Waals surface area contributed by atoms with Crippen LogP contribution in [0.15, 0.2) is 229 Å². The van der Waals surface area contributed by atoms with Gasteiger partial charge < -0.3 is 0 Å². The normalized spacial score (nSPS) is 11.8. The molecule has 11 aromatic rings. The molecule has 0 radical (unpaired) electrons. The second kappa shape index (κ2) is 15.6. The maximum atomic E-state index is 5.36. The van der Waals surface area contributed by atoms with Crippen molar-refractivity contribution in [2.75, 3.05) is 0 Å². The number of hydrogen-bond acceptors (Lipinski definition) is 1. The van der Waals surface area contributed by atoms with Crippen molar-refractivity contribution >= 4 is 43.7 Å². The summed E-state index contributed by atoms with van der Waals surface area (Å²) in [5.74, 6) is 0. The van der Waals surface area contributed by atoms with E-state index in [0.717, 1.165) is 22.5 Å². The zero-order valence-corrected chi connectivity index (χ0v) is 34.8. The number of hydrogen-bond donors (Lipinski definition) is 0. The van der Waals surface area contributed by atoms with E-state index < -0.39 is 0 Å². The molecule has 1 heteroatoms. The highest BCUT2D eigenvalue weighted by Gasteiger charge is 2.24. The Morgan fingerprint density at radius 3 is 1.08 bits per heavy atom. The predicted octanol–water partition coefficient (Wildman–Crippen LogP) is 17.0. The highest BCUT2D eigenvalue weighted by Crippen LogP contribution is 2.50. The second-order valence-corrected chi connectivity index (χ2v) is 16.2. The number of nitrogens with zero attached hydrogens (tertiary/aromatic N) is 1. The summed E-state index contributed by atoms with van der Waals surface area (Å²) >= 11 is 0. The van der Waals surface area contributed by atoms with Crippen LogP contribution < -0.4 is 0 Å². The quantitative estimate of drug-likeness (QED) is 0.107. The van der Waals surface area contributed by atoms with E-state index in [0.29, 0.717) is 0 Å². The van der Waals surface area contributed by atoms with Crippen LogP contribution in [0.1, 0.15) is 18.1 Å². The number of aliphatic imine (C=N–C) groups is 1. The van der Waals surface area contributed by atoms with Gasteiger partial charge in [0.15, 0.2) is 0 Å². The lowest BCUT2D eigenvalue weighted by molar-refractivity contribution is 1.39. The number of benzene rings is 11. The van der Waals surface area contributed by atoms with Crippen LogP contribution in [0, 0.1) is 6.92 Å². The van der Waals surface area contributed by atoms with Crippen LogP contribution in [0.5, 0.6) is 0 Å². The summed E-state index contributed by atoms with van der Waals surface area (Å²) in [6, 6.07) is 81.8. The standard InChI is InChI=1S/C61H43N/c1-40-20-12-19-33-59(40)62-41(2)55-38-56(48-30-16-13-27-45(48)42-21-6-3-7-22-42)52-36-37-54-58(50-32-18-15-29-47(50)44-25-10-5-11-26-44)39-57(53-35-34-51(55)60(52)61(53)54)49-31-17-14-28-46(49)43-23-8-4-9-24-43/h3-39H,1-2H3. The number of rotatable bonds is 8. The van der Waals surface area contributed by atoms with Crippen molar-refractivity contribution < 1.29 is 0 Å². The van der Waals surface area contributed by atoms with Crippen LogP contribution in [-0.4, -0.2) is 5.71 Å². The monoisotopic (exact) mass is 789 g/mol. The van der Waals surface area contributed by atoms with Gasteiger partial charge in [-0.3, -0.25) is 4.99 Å². The van der Waals surface area contributed by atoms with Crippen molar-refractivity contribution in [1.82, 2.24) is 0 Å². The first-order valence-electron chi connectivity index (χ1n) is 21.5. The largest absolute Gasteiger partial charge is 0.253 e. The fraction of sp³-hybridized carbons (Fsp3) is 0.0328. The lowest BCUT2D eigenvalue weighted by Gasteiger charge is -2.23. The van der Waals surface area contributed by atoms with Gasteiger partial charge in [-0.25, -0.2) is 0 Å². The molecule has 0 heterocycles. The van der Waals surface area contributed by atoms with Gasteiger partial charge in [0.05, 0.1) is 5.69 Å². The zero-order chi connectivity index (χ0) is 41.6. The van der Waals surface area contributed by atoms with Gasteiger partial charge in [-0.05, 0) is 137 Å². The fourth-order valence-corrected chi connectivity index (χ4v) is 9.65. The minimum atomic E-state index is 0.986. The molecule has 0 bridgehead atoms. The van der Waals surface area contributed by atoms with E-state index in [-0.39, 0.29) is 0 Å². The molecule has 0 N–H and O–H groups in total. The van der Waals surface area contributed by atoms with Crippen molar-refractivity contribution in [3.63, 3.8) is 0 Å². The molecule has 0 spiro atoms. The first-order chi connectivity index (χ1) is 30.6. The predicted molar refractivity (Wildman–Crippen MR) is 266 cm³/mol. The lowest BCUT2D eigenvalue weighted by Crippen LogP contribution is -2.01. The summed E-state index contributed by atoms with van der Waals surface area (Å²) in [5, 5.41) is 7.41. The van der Waals surface area contributed by atoms with Gasteiger partial charge in [0.2, 0.25) is 0 Å². The molecular formula is C61H43N. The summed E-state index contributed by atoms with van der Waals surface area (Å²) in [4.78, 5) is 5.36. The summed E-state index contributed by atoms with van der Waals surface area (Å²) in [6.07, 6.45) is 0. The molecule has 0 fully saturated rings. The minimum absolute atomic E-state index is 0.986. The number of aryl methyl sites for hydroxylation is 1. The fourth-order valence-electron chi connectivity index (χ4n) is 9.65. The third-order valence-corrected chi connectivity index (χ3v) is 12.6. The Labute approximate surface area is 363 Å². The molecule has 62 heavy (non-hydrogen) atoms. The topological polar surface area (TPSA) is 12.4 Å². The molecule has 11 rings (SSSR count). The van der Waals surface area contributed by atoms with Crippen molar-refractivity contribution in [1.29, 1.82) is 0 Å². The molecule has 0 aliphatic rings. The second-order valence-electron chi connectivity index (χ2n) is 16.2. The minimum Gasteiger partial charge on any atom is -0.253 e. The molecular weight excluding hydrogens is 747 g/mol. The summed E-state index contributed by atoms with van der Waals surface area (Å²) in [5.41, 5.74) is 18.7. The molecule has 0 amide bonds. The van der Waals surface area contributed by atoms with Crippen LogP contribution in [-0.2, 0) is 0 Å². The van der Waals surface area contributed by atoms with Gasteiger partial charge >= 0.3 is 0 Å². The van der Waals surface area contributed by atoms with E-state index in [2.05, 4.69) is 238 Å². The maximum Gasteiger partial charge on any atom is 0.0662 e. The van der Waals surface area contributed by atoms with E-state index in [1.54, 1.807) is 0 Å². The van der Waals surface area contributed by atoms with Gasteiger partial charge in [0.25, 0.3) is 0 Å². The van der Waals surface area contributed by atoms with Gasteiger partial charge in [-0.15, -0.1) is 0 Å². The lowest BCUT2D eigenvalue weighted by atomic mass is 9.80. The highest BCUT2D eigenvalue weighted by molar-refractivity contribution is 6.33. The smallest absolute Gasteiger partial charge is 0.0662 e. The highest BCUT2D eigenvalue weighted by atomic mass is 14.7. The Bertz CT molecular complexity index is 3350. The zero-order valence-electron chi connectivity index (χ0n) is 34.8. The Kier molecular flexibility index (Phi) is 9.36. The molecule has 0 saturated heterocycles. The van der Waals surface area contributed by atoms with Crippen molar-refractivity contribution in [3.8, 4) is 66.8 Å². The summed E-state index contributed by atoms with van der Waals surface area (Å²) < 4.78 is 0. The SMILES string of the molecule is CC(=Nc1ccccc1C)c1cc(-c2ccccc2-c2ccccc2)c2ccc3c(-c4ccccc4-c4ccccc4)cc(-c4ccccc4-c4ccccc4)c4ccc1c2c43. The van der Waals surface area contributed by atoms with E-state index in [4.69, 9.17) is 4.99 Å². The molecule has 0 saturated carbocycles. The van der Waals surface area contributed by atoms with Gasteiger partial charge in [-0.2, -0.15) is 0 Å². The van der Waals surface area contributed by atoms with Crippen molar-refractivity contribution in [2.24, 2.45) is 4.99 Å².